The van der Waals surface area contributed by atoms with Crippen LogP contribution in [0.4, 0.5) is 0 Å². The highest BCUT2D eigenvalue weighted by Crippen LogP contribution is 2.62. The Kier molecular flexibility index (Phi) is 3.09. The first kappa shape index (κ1) is 13.9. The minimum Gasteiger partial charge on any atom is -0.348 e. The van der Waals surface area contributed by atoms with E-state index in [1.165, 1.54) is 19.3 Å². The Hall–Kier alpha value is -1.09. The van der Waals surface area contributed by atoms with E-state index in [4.69, 9.17) is 11.6 Å². The summed E-state index contributed by atoms with van der Waals surface area (Å²) in [7, 11) is 0. The Morgan fingerprint density at radius 3 is 2.80 bits per heavy atom. The van der Waals surface area contributed by atoms with Gasteiger partial charge in [-0.3, -0.25) is 9.78 Å². The molecule has 0 radical (unpaired) electrons. The predicted molar refractivity (Wildman–Crippen MR) is 79.7 cm³/mol. The van der Waals surface area contributed by atoms with Crippen molar-refractivity contribution in [2.24, 2.45) is 16.7 Å². The lowest BCUT2D eigenvalue weighted by atomic mass is 9.68. The molecular weight excluding hydrogens is 272 g/mol. The van der Waals surface area contributed by atoms with Crippen LogP contribution in [0.1, 0.15) is 50.4 Å². The number of nitrogens with one attached hydrogen (secondary N) is 1. The third-order valence-corrected chi connectivity index (χ3v) is 5.89. The Balaban J connectivity index is 1.85. The van der Waals surface area contributed by atoms with Gasteiger partial charge in [0.05, 0.1) is 10.6 Å². The fourth-order valence-corrected chi connectivity index (χ4v) is 4.61. The molecule has 3 nitrogen and oxygen atoms in total. The van der Waals surface area contributed by atoms with E-state index >= 15 is 0 Å². The van der Waals surface area contributed by atoms with Gasteiger partial charge in [0, 0.05) is 18.4 Å². The Labute approximate surface area is 125 Å². The maximum absolute atomic E-state index is 12.5. The molecule has 2 saturated carbocycles. The third-order valence-electron chi connectivity index (χ3n) is 5.56. The maximum Gasteiger partial charge on any atom is 0.254 e. The number of rotatable bonds is 2. The molecule has 2 aliphatic carbocycles. The van der Waals surface area contributed by atoms with Crippen molar-refractivity contribution in [1.29, 1.82) is 0 Å². The van der Waals surface area contributed by atoms with E-state index in [2.05, 4.69) is 31.1 Å². The predicted octanol–water partition coefficient (Wildman–Crippen LogP) is 3.68. The first-order chi connectivity index (χ1) is 9.34. The number of pyridine rings is 1. The van der Waals surface area contributed by atoms with Crippen LogP contribution in [-0.2, 0) is 0 Å². The van der Waals surface area contributed by atoms with Crippen LogP contribution in [0.5, 0.6) is 0 Å². The van der Waals surface area contributed by atoms with Crippen LogP contribution < -0.4 is 5.32 Å². The van der Waals surface area contributed by atoms with E-state index in [0.29, 0.717) is 16.5 Å². The van der Waals surface area contributed by atoms with Crippen molar-refractivity contribution in [2.45, 2.75) is 46.1 Å². The van der Waals surface area contributed by atoms with E-state index in [9.17, 15) is 4.79 Å². The van der Waals surface area contributed by atoms with Gasteiger partial charge in [-0.1, -0.05) is 32.4 Å². The summed E-state index contributed by atoms with van der Waals surface area (Å²) in [6.07, 6.45) is 6.84. The fraction of sp³-hybridized carbons (Fsp3) is 0.625. The number of nitrogens with zero attached hydrogens (tertiary/aromatic N) is 1. The summed E-state index contributed by atoms with van der Waals surface area (Å²) < 4.78 is 0. The molecule has 2 fully saturated rings. The third kappa shape index (κ3) is 1.95. The highest BCUT2D eigenvalue weighted by atomic mass is 35.5. The minimum atomic E-state index is -0.102. The zero-order chi connectivity index (χ0) is 14.5. The van der Waals surface area contributed by atoms with Gasteiger partial charge in [-0.05, 0) is 42.1 Å². The van der Waals surface area contributed by atoms with Crippen molar-refractivity contribution < 1.29 is 4.79 Å². The van der Waals surface area contributed by atoms with Crippen molar-refractivity contribution in [3.05, 3.63) is 29.0 Å². The van der Waals surface area contributed by atoms with Gasteiger partial charge in [-0.2, -0.15) is 0 Å². The van der Waals surface area contributed by atoms with Crippen molar-refractivity contribution in [3.8, 4) is 0 Å². The number of fused-ring (bicyclic) bond motifs is 2. The molecule has 2 bridgehead atoms. The van der Waals surface area contributed by atoms with Gasteiger partial charge in [0.15, 0.2) is 0 Å². The van der Waals surface area contributed by atoms with Crippen LogP contribution in [-0.4, -0.2) is 16.9 Å². The molecule has 20 heavy (non-hydrogen) atoms. The standard InChI is InChI=1S/C16H21ClN2O/c1-15(2)10-4-6-16(3,8-10)14(15)19-13(20)11-9-18-7-5-12(11)17/h5,7,9-10,14H,4,6,8H2,1-3H3,(H,19,20). The Morgan fingerprint density at radius 1 is 1.45 bits per heavy atom. The van der Waals surface area contributed by atoms with Crippen LogP contribution in [0.15, 0.2) is 18.5 Å². The highest BCUT2D eigenvalue weighted by molar-refractivity contribution is 6.33. The molecule has 1 aromatic heterocycles. The van der Waals surface area contributed by atoms with Gasteiger partial charge in [0.2, 0.25) is 0 Å². The van der Waals surface area contributed by atoms with Gasteiger partial charge in [0.1, 0.15) is 0 Å². The summed E-state index contributed by atoms with van der Waals surface area (Å²) in [6.45, 7) is 6.85. The average Bonchev–Trinajstić information content (AvgIpc) is 2.86. The molecule has 1 heterocycles. The Bertz CT molecular complexity index is 552. The summed E-state index contributed by atoms with van der Waals surface area (Å²) in [5.41, 5.74) is 0.840. The molecule has 1 aromatic rings. The second kappa shape index (κ2) is 4.45. The average molecular weight is 293 g/mol. The van der Waals surface area contributed by atoms with E-state index < -0.39 is 0 Å². The molecule has 3 atom stereocenters. The number of carbonyl (C=O) groups is 1. The molecule has 1 N–H and O–H groups in total. The number of aromatic nitrogens is 1. The van der Waals surface area contributed by atoms with Crippen molar-refractivity contribution in [3.63, 3.8) is 0 Å². The molecule has 0 spiro atoms. The fourth-order valence-electron chi connectivity index (χ4n) is 4.42. The molecule has 0 aliphatic heterocycles. The normalized spacial score (nSPS) is 34.2. The molecule has 4 heteroatoms. The molecule has 2 aliphatic rings. The van der Waals surface area contributed by atoms with Crippen LogP contribution in [0.25, 0.3) is 0 Å². The first-order valence-corrected chi connectivity index (χ1v) is 7.63. The van der Waals surface area contributed by atoms with Crippen LogP contribution in [0, 0.1) is 16.7 Å². The van der Waals surface area contributed by atoms with E-state index in [-0.39, 0.29) is 22.8 Å². The lowest BCUT2D eigenvalue weighted by molar-refractivity contribution is 0.0737. The topological polar surface area (TPSA) is 42.0 Å². The summed E-state index contributed by atoms with van der Waals surface area (Å²) in [4.78, 5) is 16.5. The van der Waals surface area contributed by atoms with Crippen molar-refractivity contribution in [2.75, 3.05) is 0 Å². The largest absolute Gasteiger partial charge is 0.348 e. The Morgan fingerprint density at radius 2 is 2.20 bits per heavy atom. The number of amides is 1. The van der Waals surface area contributed by atoms with E-state index in [0.717, 1.165) is 0 Å². The summed E-state index contributed by atoms with van der Waals surface area (Å²) in [6, 6.07) is 1.86. The lowest BCUT2D eigenvalue weighted by Crippen LogP contribution is -2.52. The lowest BCUT2D eigenvalue weighted by Gasteiger charge is -2.43. The SMILES string of the molecule is CC12CCC(C1)C(C)(C)C2NC(=O)c1cnccc1Cl. The zero-order valence-corrected chi connectivity index (χ0v) is 13.0. The first-order valence-electron chi connectivity index (χ1n) is 7.25. The van der Waals surface area contributed by atoms with Gasteiger partial charge < -0.3 is 5.32 Å². The quantitative estimate of drug-likeness (QED) is 0.903. The monoisotopic (exact) mass is 292 g/mol. The second-order valence-electron chi connectivity index (χ2n) is 7.18. The molecular formula is C16H21ClN2O. The van der Waals surface area contributed by atoms with Gasteiger partial charge >= 0.3 is 0 Å². The minimum absolute atomic E-state index is 0.102. The van der Waals surface area contributed by atoms with Crippen LogP contribution >= 0.6 is 11.6 Å². The second-order valence-corrected chi connectivity index (χ2v) is 7.58. The number of hydrogen-bond acceptors (Lipinski definition) is 2. The van der Waals surface area contributed by atoms with E-state index in [1.54, 1.807) is 18.5 Å². The molecule has 1 amide bonds. The van der Waals surface area contributed by atoms with Gasteiger partial charge in [-0.25, -0.2) is 0 Å². The molecule has 108 valence electrons. The van der Waals surface area contributed by atoms with Crippen LogP contribution in [0.3, 0.4) is 0 Å². The molecule has 3 rings (SSSR count). The van der Waals surface area contributed by atoms with Gasteiger partial charge in [-0.15, -0.1) is 0 Å². The van der Waals surface area contributed by atoms with Crippen LogP contribution in [0.2, 0.25) is 5.02 Å². The van der Waals surface area contributed by atoms with Crippen molar-refractivity contribution >= 4 is 17.5 Å². The number of hydrogen-bond donors (Lipinski definition) is 1. The van der Waals surface area contributed by atoms with Gasteiger partial charge in [0.25, 0.3) is 5.91 Å². The highest BCUT2D eigenvalue weighted by Gasteiger charge is 2.59. The summed E-state index contributed by atoms with van der Waals surface area (Å²) in [5.74, 6) is 0.608. The number of carbonyl (C=O) groups excluding carboxylic acids is 1. The maximum atomic E-state index is 12.5. The zero-order valence-electron chi connectivity index (χ0n) is 12.2. The molecule has 0 aromatic carbocycles. The summed E-state index contributed by atoms with van der Waals surface area (Å²) in [5, 5.41) is 3.70. The number of halogens is 1. The summed E-state index contributed by atoms with van der Waals surface area (Å²) >= 11 is 6.09. The molecule has 0 saturated heterocycles. The smallest absolute Gasteiger partial charge is 0.254 e. The van der Waals surface area contributed by atoms with E-state index in [1.807, 2.05) is 0 Å². The molecule has 3 unspecified atom stereocenters. The van der Waals surface area contributed by atoms with Crippen molar-refractivity contribution in [1.82, 2.24) is 10.3 Å².